The first-order valence-corrected chi connectivity index (χ1v) is 9.05. The fourth-order valence-corrected chi connectivity index (χ4v) is 3.57. The first-order valence-electron chi connectivity index (χ1n) is 8.17. The summed E-state index contributed by atoms with van der Waals surface area (Å²) in [5.74, 6) is -0.243. The fraction of sp³-hybridized carbons (Fsp3) is 0.333. The van der Waals surface area contributed by atoms with Crippen LogP contribution in [0, 0.1) is 0 Å². The molecule has 0 saturated carbocycles. The summed E-state index contributed by atoms with van der Waals surface area (Å²) in [5.41, 5.74) is 5.58. The molecule has 6 nitrogen and oxygen atoms in total. The number of benzene rings is 1. The maximum atomic E-state index is 12.8. The summed E-state index contributed by atoms with van der Waals surface area (Å²) in [7, 11) is 0. The molecule has 1 saturated heterocycles. The molecule has 2 N–H and O–H groups in total. The minimum atomic E-state index is -0.565. The fourth-order valence-electron chi connectivity index (χ4n) is 2.82. The van der Waals surface area contributed by atoms with Crippen molar-refractivity contribution in [3.8, 4) is 5.75 Å². The molecule has 25 heavy (non-hydrogen) atoms. The molecule has 1 aromatic heterocycles. The number of ether oxygens (including phenoxy) is 1. The van der Waals surface area contributed by atoms with E-state index in [1.165, 1.54) is 4.88 Å². The van der Waals surface area contributed by atoms with Gasteiger partial charge in [0.25, 0.3) is 11.8 Å². The van der Waals surface area contributed by atoms with Gasteiger partial charge < -0.3 is 15.4 Å². The van der Waals surface area contributed by atoms with Gasteiger partial charge in [0.1, 0.15) is 5.75 Å². The van der Waals surface area contributed by atoms with Gasteiger partial charge in [0.15, 0.2) is 6.61 Å². The van der Waals surface area contributed by atoms with Crippen molar-refractivity contribution in [2.75, 3.05) is 32.8 Å². The number of hydrogen-bond acceptors (Lipinski definition) is 5. The second-order valence-corrected chi connectivity index (χ2v) is 6.93. The van der Waals surface area contributed by atoms with Crippen LogP contribution in [0.15, 0.2) is 41.8 Å². The monoisotopic (exact) mass is 359 g/mol. The van der Waals surface area contributed by atoms with E-state index in [-0.39, 0.29) is 12.5 Å². The van der Waals surface area contributed by atoms with E-state index in [9.17, 15) is 9.59 Å². The summed E-state index contributed by atoms with van der Waals surface area (Å²) in [6.07, 6.45) is 0. The smallest absolute Gasteiger partial charge is 0.257 e. The lowest BCUT2D eigenvalue weighted by molar-refractivity contribution is -0.119. The maximum Gasteiger partial charge on any atom is 0.257 e. The number of amides is 2. The number of piperazine rings is 1. The third-order valence-electron chi connectivity index (χ3n) is 4.11. The Morgan fingerprint density at radius 3 is 2.52 bits per heavy atom. The number of carbonyl (C=O) groups excluding carboxylic acids is 2. The molecule has 1 aromatic carbocycles. The minimum Gasteiger partial charge on any atom is -0.483 e. The average Bonchev–Trinajstić information content (AvgIpc) is 3.13. The number of rotatable bonds is 6. The van der Waals surface area contributed by atoms with E-state index in [0.717, 1.165) is 19.6 Å². The lowest BCUT2D eigenvalue weighted by Gasteiger charge is -2.34. The van der Waals surface area contributed by atoms with Crippen LogP contribution in [0.5, 0.6) is 5.75 Å². The van der Waals surface area contributed by atoms with Crippen molar-refractivity contribution in [1.29, 1.82) is 0 Å². The van der Waals surface area contributed by atoms with E-state index in [4.69, 9.17) is 10.5 Å². The van der Waals surface area contributed by atoms with Crippen molar-refractivity contribution in [1.82, 2.24) is 9.80 Å². The van der Waals surface area contributed by atoms with Gasteiger partial charge in [0, 0.05) is 37.6 Å². The zero-order valence-corrected chi connectivity index (χ0v) is 14.7. The second-order valence-electron chi connectivity index (χ2n) is 5.90. The Hall–Kier alpha value is -2.38. The molecule has 2 aromatic rings. The predicted octanol–water partition coefficient (Wildman–Crippen LogP) is 1.57. The molecule has 1 aliphatic rings. The zero-order chi connectivity index (χ0) is 17.6. The Bertz CT molecular complexity index is 725. The second kappa shape index (κ2) is 8.13. The molecular weight excluding hydrogens is 338 g/mol. The molecule has 2 amide bonds. The van der Waals surface area contributed by atoms with Crippen LogP contribution in [-0.2, 0) is 11.3 Å². The Labute approximate surface area is 150 Å². The molecular formula is C18H21N3O3S. The van der Waals surface area contributed by atoms with Crippen LogP contribution in [-0.4, -0.2) is 54.4 Å². The summed E-state index contributed by atoms with van der Waals surface area (Å²) in [5, 5.41) is 2.08. The number of primary amides is 1. The van der Waals surface area contributed by atoms with E-state index >= 15 is 0 Å². The standard InChI is InChI=1S/C18H21N3O3S/c19-17(22)13-24-16-6-2-1-5-15(16)18(23)21-9-7-20(8-10-21)12-14-4-3-11-25-14/h1-6,11H,7-10,12-13H2,(H2,19,22). The van der Waals surface area contributed by atoms with Gasteiger partial charge in [-0.25, -0.2) is 0 Å². The first kappa shape index (κ1) is 17.4. The van der Waals surface area contributed by atoms with E-state index in [1.54, 1.807) is 35.6 Å². The van der Waals surface area contributed by atoms with E-state index < -0.39 is 5.91 Å². The molecule has 1 fully saturated rings. The SMILES string of the molecule is NC(=O)COc1ccccc1C(=O)N1CCN(Cc2cccs2)CC1. The summed E-state index contributed by atoms with van der Waals surface area (Å²) in [6.45, 7) is 3.72. The van der Waals surface area contributed by atoms with Gasteiger partial charge in [-0.3, -0.25) is 14.5 Å². The largest absolute Gasteiger partial charge is 0.483 e. The highest BCUT2D eigenvalue weighted by Gasteiger charge is 2.24. The number of nitrogens with zero attached hydrogens (tertiary/aromatic N) is 2. The van der Waals surface area contributed by atoms with E-state index in [0.29, 0.717) is 24.4 Å². The molecule has 0 spiro atoms. The zero-order valence-electron chi connectivity index (χ0n) is 13.9. The van der Waals surface area contributed by atoms with Crippen LogP contribution in [0.4, 0.5) is 0 Å². The quantitative estimate of drug-likeness (QED) is 0.849. The highest BCUT2D eigenvalue weighted by molar-refractivity contribution is 7.09. The van der Waals surface area contributed by atoms with E-state index in [2.05, 4.69) is 22.4 Å². The van der Waals surface area contributed by atoms with E-state index in [1.807, 2.05) is 4.90 Å². The third-order valence-corrected chi connectivity index (χ3v) is 4.97. The number of nitrogens with two attached hydrogens (primary N) is 1. The summed E-state index contributed by atoms with van der Waals surface area (Å²) >= 11 is 1.75. The molecule has 0 radical (unpaired) electrons. The van der Waals surface area contributed by atoms with Crippen molar-refractivity contribution >= 4 is 23.2 Å². The van der Waals surface area contributed by atoms with Gasteiger partial charge >= 0.3 is 0 Å². The topological polar surface area (TPSA) is 75.9 Å². The Morgan fingerprint density at radius 1 is 1.08 bits per heavy atom. The molecule has 0 bridgehead atoms. The van der Waals surface area contributed by atoms with Crippen LogP contribution >= 0.6 is 11.3 Å². The van der Waals surface area contributed by atoms with Gasteiger partial charge in [-0.1, -0.05) is 18.2 Å². The van der Waals surface area contributed by atoms with Crippen LogP contribution in [0.2, 0.25) is 0 Å². The Balaban J connectivity index is 1.60. The number of carbonyl (C=O) groups is 2. The van der Waals surface area contributed by atoms with Gasteiger partial charge in [0.2, 0.25) is 0 Å². The number of para-hydroxylation sites is 1. The van der Waals surface area contributed by atoms with Crippen molar-refractivity contribution in [3.63, 3.8) is 0 Å². The lowest BCUT2D eigenvalue weighted by atomic mass is 10.1. The van der Waals surface area contributed by atoms with Gasteiger partial charge in [0.05, 0.1) is 5.56 Å². The van der Waals surface area contributed by atoms with Crippen LogP contribution in [0.1, 0.15) is 15.2 Å². The molecule has 7 heteroatoms. The van der Waals surface area contributed by atoms with Crippen molar-refractivity contribution in [3.05, 3.63) is 52.2 Å². The van der Waals surface area contributed by atoms with Crippen molar-refractivity contribution < 1.29 is 14.3 Å². The molecule has 132 valence electrons. The maximum absolute atomic E-state index is 12.8. The summed E-state index contributed by atoms with van der Waals surface area (Å²) < 4.78 is 5.37. The first-order chi connectivity index (χ1) is 12.1. The van der Waals surface area contributed by atoms with Crippen molar-refractivity contribution in [2.24, 2.45) is 5.73 Å². The normalized spacial score (nSPS) is 15.1. The predicted molar refractivity (Wildman–Crippen MR) is 96.6 cm³/mol. The molecule has 0 aliphatic carbocycles. The summed E-state index contributed by atoms with van der Waals surface area (Å²) in [6, 6.07) is 11.2. The van der Waals surface area contributed by atoms with Gasteiger partial charge in [-0.2, -0.15) is 0 Å². The molecule has 0 atom stereocenters. The minimum absolute atomic E-state index is 0.0733. The third kappa shape index (κ3) is 4.58. The molecule has 3 rings (SSSR count). The van der Waals surface area contributed by atoms with Crippen LogP contribution < -0.4 is 10.5 Å². The Kier molecular flexibility index (Phi) is 5.67. The van der Waals surface area contributed by atoms with Crippen LogP contribution in [0.25, 0.3) is 0 Å². The van der Waals surface area contributed by atoms with Gasteiger partial charge in [-0.15, -0.1) is 11.3 Å². The van der Waals surface area contributed by atoms with Gasteiger partial charge in [-0.05, 0) is 23.6 Å². The Morgan fingerprint density at radius 2 is 1.84 bits per heavy atom. The van der Waals surface area contributed by atoms with Crippen molar-refractivity contribution in [2.45, 2.75) is 6.54 Å². The average molecular weight is 359 g/mol. The molecule has 0 unspecified atom stereocenters. The number of thiophene rings is 1. The van der Waals surface area contributed by atoms with Crippen LogP contribution in [0.3, 0.4) is 0 Å². The molecule has 2 heterocycles. The molecule has 1 aliphatic heterocycles. The lowest BCUT2D eigenvalue weighted by Crippen LogP contribution is -2.48. The highest BCUT2D eigenvalue weighted by Crippen LogP contribution is 2.21. The highest BCUT2D eigenvalue weighted by atomic mass is 32.1. The summed E-state index contributed by atoms with van der Waals surface area (Å²) in [4.78, 5) is 29.2. The number of hydrogen-bond donors (Lipinski definition) is 1.